The predicted octanol–water partition coefficient (Wildman–Crippen LogP) is 0.413. The van der Waals surface area contributed by atoms with E-state index >= 15 is 0 Å². The summed E-state index contributed by atoms with van der Waals surface area (Å²) in [6.07, 6.45) is 3.46. The Morgan fingerprint density at radius 3 is 2.67 bits per heavy atom. The molecule has 112 valence electrons. The van der Waals surface area contributed by atoms with E-state index in [0.29, 0.717) is 38.8 Å². The molecule has 1 aromatic heterocycles. The number of carbonyl (C=O) groups excluding carboxylic acids is 3. The van der Waals surface area contributed by atoms with Crippen molar-refractivity contribution in [2.45, 2.75) is 31.2 Å². The maximum absolute atomic E-state index is 12.1. The normalized spacial score (nSPS) is 20.5. The second-order valence-electron chi connectivity index (χ2n) is 5.45. The molecule has 7 nitrogen and oxygen atoms in total. The first-order chi connectivity index (χ1) is 10.1. The highest BCUT2D eigenvalue weighted by Gasteiger charge is 2.48. The van der Waals surface area contributed by atoms with Crippen LogP contribution in [-0.2, 0) is 16.0 Å². The smallest absolute Gasteiger partial charge is 0.322 e. The minimum Gasteiger partial charge on any atom is -0.469 e. The van der Waals surface area contributed by atoms with E-state index in [-0.39, 0.29) is 11.8 Å². The summed E-state index contributed by atoms with van der Waals surface area (Å²) < 4.78 is 5.20. The molecular weight excluding hydrogens is 274 g/mol. The first kappa shape index (κ1) is 13.7. The van der Waals surface area contributed by atoms with E-state index in [1.54, 1.807) is 17.2 Å². The molecule has 2 aliphatic rings. The van der Waals surface area contributed by atoms with Crippen LogP contribution < -0.4 is 10.6 Å². The van der Waals surface area contributed by atoms with Crippen LogP contribution in [0.3, 0.4) is 0 Å². The maximum Gasteiger partial charge on any atom is 0.322 e. The number of hydrogen-bond donors (Lipinski definition) is 2. The third kappa shape index (κ3) is 2.63. The highest BCUT2D eigenvalue weighted by molar-refractivity contribution is 6.07. The summed E-state index contributed by atoms with van der Waals surface area (Å²) >= 11 is 0. The van der Waals surface area contributed by atoms with Crippen molar-refractivity contribution in [3.05, 3.63) is 24.2 Å². The molecule has 2 fully saturated rings. The molecule has 2 aliphatic heterocycles. The molecule has 2 N–H and O–H groups in total. The monoisotopic (exact) mass is 291 g/mol. The summed E-state index contributed by atoms with van der Waals surface area (Å²) in [4.78, 5) is 36.9. The van der Waals surface area contributed by atoms with Gasteiger partial charge in [0.25, 0.3) is 5.91 Å². The minimum absolute atomic E-state index is 0.0472. The second-order valence-corrected chi connectivity index (χ2v) is 5.45. The minimum atomic E-state index is -0.825. The Hall–Kier alpha value is -2.31. The Morgan fingerprint density at radius 2 is 2.10 bits per heavy atom. The third-order valence-electron chi connectivity index (χ3n) is 4.15. The Morgan fingerprint density at radius 1 is 1.33 bits per heavy atom. The molecule has 0 atom stereocenters. The quantitative estimate of drug-likeness (QED) is 0.789. The van der Waals surface area contributed by atoms with Gasteiger partial charge in [0, 0.05) is 25.9 Å². The van der Waals surface area contributed by atoms with Crippen molar-refractivity contribution >= 4 is 17.8 Å². The maximum atomic E-state index is 12.1. The molecule has 1 spiro atoms. The van der Waals surface area contributed by atoms with Crippen LogP contribution in [-0.4, -0.2) is 41.4 Å². The second kappa shape index (κ2) is 5.23. The fraction of sp³-hybridized carbons (Fsp3) is 0.500. The zero-order valence-corrected chi connectivity index (χ0v) is 11.6. The molecule has 0 aliphatic carbocycles. The number of likely N-dealkylation sites (tertiary alicyclic amines) is 1. The average molecular weight is 291 g/mol. The molecule has 0 unspecified atom stereocenters. The molecule has 4 amide bonds. The summed E-state index contributed by atoms with van der Waals surface area (Å²) in [5.74, 6) is 0.556. The van der Waals surface area contributed by atoms with Crippen molar-refractivity contribution in [1.29, 1.82) is 0 Å². The highest BCUT2D eigenvalue weighted by Crippen LogP contribution is 2.25. The first-order valence-corrected chi connectivity index (χ1v) is 7.03. The molecule has 0 saturated carbocycles. The van der Waals surface area contributed by atoms with Crippen molar-refractivity contribution in [1.82, 2.24) is 15.5 Å². The number of amides is 4. The Kier molecular flexibility index (Phi) is 3.40. The van der Waals surface area contributed by atoms with Crippen molar-refractivity contribution in [3.8, 4) is 0 Å². The van der Waals surface area contributed by atoms with Gasteiger partial charge in [-0.3, -0.25) is 14.9 Å². The van der Waals surface area contributed by atoms with Crippen LogP contribution in [0.5, 0.6) is 0 Å². The number of rotatable bonds is 3. The van der Waals surface area contributed by atoms with Crippen LogP contribution >= 0.6 is 0 Å². The largest absolute Gasteiger partial charge is 0.469 e. The van der Waals surface area contributed by atoms with Gasteiger partial charge in [-0.2, -0.15) is 0 Å². The summed E-state index contributed by atoms with van der Waals surface area (Å²) in [6.45, 7) is 0.954. The van der Waals surface area contributed by atoms with Gasteiger partial charge in [0.05, 0.1) is 6.26 Å². The van der Waals surface area contributed by atoms with E-state index in [1.165, 1.54) is 0 Å². The molecule has 3 rings (SSSR count). The van der Waals surface area contributed by atoms with Crippen LogP contribution in [0.25, 0.3) is 0 Å². The van der Waals surface area contributed by atoms with Gasteiger partial charge in [0.1, 0.15) is 11.3 Å². The summed E-state index contributed by atoms with van der Waals surface area (Å²) in [5, 5.41) is 4.94. The fourth-order valence-electron chi connectivity index (χ4n) is 2.86. The molecule has 0 bridgehead atoms. The highest BCUT2D eigenvalue weighted by atomic mass is 16.3. The lowest BCUT2D eigenvalue weighted by Gasteiger charge is -2.37. The van der Waals surface area contributed by atoms with Gasteiger partial charge in [0.15, 0.2) is 0 Å². The van der Waals surface area contributed by atoms with Crippen molar-refractivity contribution < 1.29 is 18.8 Å². The lowest BCUT2D eigenvalue weighted by Crippen LogP contribution is -2.55. The van der Waals surface area contributed by atoms with Gasteiger partial charge in [-0.15, -0.1) is 0 Å². The molecular formula is C14H17N3O4. The van der Waals surface area contributed by atoms with Gasteiger partial charge in [-0.25, -0.2) is 4.79 Å². The van der Waals surface area contributed by atoms with Crippen LogP contribution in [0.2, 0.25) is 0 Å². The van der Waals surface area contributed by atoms with Crippen LogP contribution in [0, 0.1) is 0 Å². The van der Waals surface area contributed by atoms with Crippen molar-refractivity contribution in [3.63, 3.8) is 0 Å². The fourth-order valence-corrected chi connectivity index (χ4v) is 2.86. The number of carbonyl (C=O) groups is 3. The van der Waals surface area contributed by atoms with Crippen LogP contribution in [0.1, 0.15) is 25.0 Å². The van der Waals surface area contributed by atoms with Gasteiger partial charge < -0.3 is 14.6 Å². The summed E-state index contributed by atoms with van der Waals surface area (Å²) in [6, 6.07) is 3.19. The summed E-state index contributed by atoms with van der Waals surface area (Å²) in [7, 11) is 0. The Bertz CT molecular complexity index is 559. The van der Waals surface area contributed by atoms with Gasteiger partial charge >= 0.3 is 6.03 Å². The van der Waals surface area contributed by atoms with Crippen LogP contribution in [0.15, 0.2) is 22.8 Å². The topological polar surface area (TPSA) is 91.7 Å². The van der Waals surface area contributed by atoms with E-state index in [1.807, 2.05) is 6.07 Å². The number of hydrogen-bond acceptors (Lipinski definition) is 4. The number of furan rings is 1. The third-order valence-corrected chi connectivity index (χ3v) is 4.15. The number of piperidine rings is 1. The van der Waals surface area contributed by atoms with Gasteiger partial charge in [0.2, 0.25) is 5.91 Å². The number of aryl methyl sites for hydroxylation is 1. The molecule has 7 heteroatoms. The van der Waals surface area contributed by atoms with Crippen molar-refractivity contribution in [2.24, 2.45) is 0 Å². The number of nitrogens with one attached hydrogen (secondary N) is 2. The predicted molar refractivity (Wildman–Crippen MR) is 72.2 cm³/mol. The molecule has 0 aromatic carbocycles. The van der Waals surface area contributed by atoms with Crippen LogP contribution in [0.4, 0.5) is 4.79 Å². The lowest BCUT2D eigenvalue weighted by atomic mass is 9.87. The SMILES string of the molecule is O=C1NC(=O)C2(CCN(C(=O)CCc3ccco3)CC2)N1. The molecule has 21 heavy (non-hydrogen) atoms. The molecule has 2 saturated heterocycles. The van der Waals surface area contributed by atoms with E-state index < -0.39 is 11.6 Å². The molecule has 1 aromatic rings. The molecule has 0 radical (unpaired) electrons. The number of urea groups is 1. The van der Waals surface area contributed by atoms with Gasteiger partial charge in [-0.1, -0.05) is 0 Å². The van der Waals surface area contributed by atoms with Gasteiger partial charge in [-0.05, 0) is 25.0 Å². The summed E-state index contributed by atoms with van der Waals surface area (Å²) in [5.41, 5.74) is -0.825. The standard InChI is InChI=1S/C14H17N3O4/c18-11(4-3-10-2-1-9-21-10)17-7-5-14(6-8-17)12(19)15-13(20)16-14/h1-2,9H,3-8H2,(H2,15,16,19,20). The Labute approximate surface area is 121 Å². The zero-order valence-electron chi connectivity index (χ0n) is 11.6. The average Bonchev–Trinajstić information content (AvgIpc) is 3.06. The lowest BCUT2D eigenvalue weighted by molar-refractivity contribution is -0.135. The Balaban J connectivity index is 1.52. The number of nitrogens with zero attached hydrogens (tertiary/aromatic N) is 1. The van der Waals surface area contributed by atoms with E-state index in [9.17, 15) is 14.4 Å². The molecule has 3 heterocycles. The first-order valence-electron chi connectivity index (χ1n) is 7.03. The van der Waals surface area contributed by atoms with E-state index in [0.717, 1.165) is 5.76 Å². The number of imide groups is 1. The van der Waals surface area contributed by atoms with Crippen molar-refractivity contribution in [2.75, 3.05) is 13.1 Å². The van der Waals surface area contributed by atoms with E-state index in [4.69, 9.17) is 4.42 Å². The zero-order chi connectivity index (χ0) is 14.9. The van der Waals surface area contributed by atoms with E-state index in [2.05, 4.69) is 10.6 Å².